The molecule has 0 saturated carbocycles. The molecular weight excluding hydrogens is 235 g/mol. The normalized spacial score (nSPS) is 10.8. The average Bonchev–Trinajstić information content (AvgIpc) is 2.25. The summed E-state index contributed by atoms with van der Waals surface area (Å²) in [5.41, 5.74) is -2.45. The van der Waals surface area contributed by atoms with Crippen LogP contribution < -0.4 is 0 Å². The molecular formula is C11H6F3NO2. The van der Waals surface area contributed by atoms with Crippen molar-refractivity contribution in [3.8, 4) is 6.07 Å². The van der Waals surface area contributed by atoms with E-state index in [4.69, 9.17) is 5.26 Å². The van der Waals surface area contributed by atoms with Crippen LogP contribution >= 0.6 is 0 Å². The van der Waals surface area contributed by atoms with Gasteiger partial charge in [-0.2, -0.15) is 18.4 Å². The van der Waals surface area contributed by atoms with Gasteiger partial charge in [-0.15, -0.1) is 0 Å². The van der Waals surface area contributed by atoms with Crippen LogP contribution in [-0.2, 0) is 6.18 Å². The third-order valence-electron chi connectivity index (χ3n) is 2.12. The Morgan fingerprint density at radius 2 is 2.00 bits per heavy atom. The first-order chi connectivity index (χ1) is 7.81. The number of nitrogens with zero attached hydrogens (tertiary/aromatic N) is 1. The molecule has 1 rings (SSSR count). The summed E-state index contributed by atoms with van der Waals surface area (Å²) in [5.74, 6) is -0.571. The van der Waals surface area contributed by atoms with Crippen LogP contribution in [0.1, 0.15) is 38.8 Å². The van der Waals surface area contributed by atoms with Crippen LogP contribution in [0.5, 0.6) is 0 Å². The molecule has 0 amide bonds. The van der Waals surface area contributed by atoms with Crippen molar-refractivity contribution in [2.24, 2.45) is 0 Å². The lowest BCUT2D eigenvalue weighted by atomic mass is 9.97. The molecule has 17 heavy (non-hydrogen) atoms. The van der Waals surface area contributed by atoms with Gasteiger partial charge in [-0.25, -0.2) is 0 Å². The molecule has 0 bridgehead atoms. The van der Waals surface area contributed by atoms with Gasteiger partial charge in [-0.05, 0) is 19.1 Å². The second-order valence-electron chi connectivity index (χ2n) is 3.27. The van der Waals surface area contributed by atoms with Crippen LogP contribution in [0.2, 0.25) is 0 Å². The van der Waals surface area contributed by atoms with Crippen molar-refractivity contribution < 1.29 is 22.8 Å². The topological polar surface area (TPSA) is 57.9 Å². The predicted molar refractivity (Wildman–Crippen MR) is 51.6 cm³/mol. The van der Waals surface area contributed by atoms with E-state index in [2.05, 4.69) is 0 Å². The number of carbonyl (C=O) groups excluding carboxylic acids is 2. The van der Waals surface area contributed by atoms with Gasteiger partial charge in [0.2, 0.25) is 0 Å². The highest BCUT2D eigenvalue weighted by molar-refractivity contribution is 5.98. The third-order valence-corrected chi connectivity index (χ3v) is 2.12. The quantitative estimate of drug-likeness (QED) is 0.590. The first-order valence-electron chi connectivity index (χ1n) is 4.42. The Hall–Kier alpha value is -2.16. The lowest BCUT2D eigenvalue weighted by Gasteiger charge is -2.11. The smallest absolute Gasteiger partial charge is 0.298 e. The van der Waals surface area contributed by atoms with E-state index in [0.29, 0.717) is 6.07 Å². The molecule has 3 nitrogen and oxygen atoms in total. The molecule has 6 heteroatoms. The fraction of sp³-hybridized carbons (Fsp3) is 0.182. The summed E-state index contributed by atoms with van der Waals surface area (Å²) >= 11 is 0. The maximum Gasteiger partial charge on any atom is 0.417 e. The van der Waals surface area contributed by atoms with Gasteiger partial charge in [0, 0.05) is 11.1 Å². The molecule has 88 valence electrons. The number of ketones is 1. The van der Waals surface area contributed by atoms with Crippen molar-refractivity contribution in [3.05, 3.63) is 34.4 Å². The predicted octanol–water partition coefficient (Wildman–Crippen LogP) is 2.59. The first kappa shape index (κ1) is 12.9. The van der Waals surface area contributed by atoms with Gasteiger partial charge < -0.3 is 0 Å². The van der Waals surface area contributed by atoms with E-state index >= 15 is 0 Å². The minimum atomic E-state index is -4.74. The van der Waals surface area contributed by atoms with E-state index in [9.17, 15) is 22.8 Å². The van der Waals surface area contributed by atoms with Crippen molar-refractivity contribution in [3.63, 3.8) is 0 Å². The zero-order valence-corrected chi connectivity index (χ0v) is 8.63. The van der Waals surface area contributed by atoms with Gasteiger partial charge in [0.25, 0.3) is 0 Å². The molecule has 0 saturated heterocycles. The van der Waals surface area contributed by atoms with E-state index in [1.807, 2.05) is 0 Å². The number of alkyl halides is 3. The molecule has 0 aliphatic rings. The second kappa shape index (κ2) is 4.37. The maximum atomic E-state index is 12.5. The summed E-state index contributed by atoms with van der Waals surface area (Å²) in [7, 11) is 0. The molecule has 0 radical (unpaired) electrons. The molecule has 0 aliphatic heterocycles. The number of rotatable bonds is 2. The van der Waals surface area contributed by atoms with Crippen LogP contribution in [0.25, 0.3) is 0 Å². The van der Waals surface area contributed by atoms with Crippen LogP contribution in [0, 0.1) is 11.3 Å². The van der Waals surface area contributed by atoms with E-state index in [1.165, 1.54) is 6.07 Å². The molecule has 0 aliphatic carbocycles. The SMILES string of the molecule is CC(=O)c1cc(C=O)c(C(F)(F)F)cc1C#N. The van der Waals surface area contributed by atoms with Crippen molar-refractivity contribution in [2.45, 2.75) is 13.1 Å². The Morgan fingerprint density at radius 1 is 1.41 bits per heavy atom. The second-order valence-corrected chi connectivity index (χ2v) is 3.27. The van der Waals surface area contributed by atoms with Gasteiger partial charge in [-0.3, -0.25) is 9.59 Å². The monoisotopic (exact) mass is 241 g/mol. The number of nitriles is 1. The van der Waals surface area contributed by atoms with Crippen molar-refractivity contribution >= 4 is 12.1 Å². The number of benzene rings is 1. The van der Waals surface area contributed by atoms with Crippen molar-refractivity contribution in [1.82, 2.24) is 0 Å². The van der Waals surface area contributed by atoms with Crippen LogP contribution in [0.3, 0.4) is 0 Å². The Bertz CT molecular complexity index is 527. The van der Waals surface area contributed by atoms with Crippen molar-refractivity contribution in [1.29, 1.82) is 5.26 Å². The standard InChI is InChI=1S/C11H6F3NO2/c1-6(17)9-2-8(5-16)10(11(12,13)14)3-7(9)4-15/h2-3,5H,1H3. The van der Waals surface area contributed by atoms with E-state index in [0.717, 1.165) is 13.0 Å². The van der Waals surface area contributed by atoms with Gasteiger partial charge >= 0.3 is 6.18 Å². The summed E-state index contributed by atoms with van der Waals surface area (Å²) < 4.78 is 37.6. The van der Waals surface area contributed by atoms with E-state index in [1.54, 1.807) is 0 Å². The number of hydrogen-bond donors (Lipinski definition) is 0. The summed E-state index contributed by atoms with van der Waals surface area (Å²) in [6.07, 6.45) is -4.73. The number of aldehydes is 1. The lowest BCUT2D eigenvalue weighted by molar-refractivity contribution is -0.137. The van der Waals surface area contributed by atoms with Crippen LogP contribution in [0.15, 0.2) is 12.1 Å². The van der Waals surface area contributed by atoms with Gasteiger partial charge in [-0.1, -0.05) is 0 Å². The number of hydrogen-bond acceptors (Lipinski definition) is 3. The minimum absolute atomic E-state index is 0.0103. The molecule has 0 spiro atoms. The summed E-state index contributed by atoms with van der Waals surface area (Å²) in [6.45, 7) is 1.11. The van der Waals surface area contributed by atoms with Gasteiger partial charge in [0.15, 0.2) is 12.1 Å². The van der Waals surface area contributed by atoms with Crippen LogP contribution in [0.4, 0.5) is 13.2 Å². The summed E-state index contributed by atoms with van der Waals surface area (Å²) in [4.78, 5) is 21.7. The molecule has 0 fully saturated rings. The zero-order valence-electron chi connectivity index (χ0n) is 8.63. The first-order valence-corrected chi connectivity index (χ1v) is 4.42. The molecule has 0 atom stereocenters. The van der Waals surface area contributed by atoms with E-state index in [-0.39, 0.29) is 11.8 Å². The highest BCUT2D eigenvalue weighted by Crippen LogP contribution is 2.33. The maximum absolute atomic E-state index is 12.5. The van der Waals surface area contributed by atoms with E-state index < -0.39 is 28.6 Å². The Morgan fingerprint density at radius 3 is 2.35 bits per heavy atom. The fourth-order valence-electron chi connectivity index (χ4n) is 1.34. The number of carbonyl (C=O) groups is 2. The Balaban J connectivity index is 3.62. The lowest BCUT2D eigenvalue weighted by Crippen LogP contribution is -2.11. The molecule has 0 unspecified atom stereocenters. The largest absolute Gasteiger partial charge is 0.417 e. The molecule has 1 aromatic carbocycles. The molecule has 0 heterocycles. The number of Topliss-reactive ketones (excluding diaryl/α,β-unsaturated/α-hetero) is 1. The zero-order chi connectivity index (χ0) is 13.2. The number of halogens is 3. The highest BCUT2D eigenvalue weighted by atomic mass is 19.4. The summed E-state index contributed by atoms with van der Waals surface area (Å²) in [6, 6.07) is 2.81. The van der Waals surface area contributed by atoms with Gasteiger partial charge in [0.05, 0.1) is 17.2 Å². The van der Waals surface area contributed by atoms with Crippen LogP contribution in [-0.4, -0.2) is 12.1 Å². The minimum Gasteiger partial charge on any atom is -0.298 e. The fourth-order valence-corrected chi connectivity index (χ4v) is 1.34. The third kappa shape index (κ3) is 2.50. The van der Waals surface area contributed by atoms with Crippen molar-refractivity contribution in [2.75, 3.05) is 0 Å². The highest BCUT2D eigenvalue weighted by Gasteiger charge is 2.34. The Labute approximate surface area is 94.5 Å². The molecule has 0 N–H and O–H groups in total. The molecule has 0 aromatic heterocycles. The molecule has 1 aromatic rings. The van der Waals surface area contributed by atoms with Gasteiger partial charge in [0.1, 0.15) is 0 Å². The average molecular weight is 241 g/mol. The Kier molecular flexibility index (Phi) is 3.32. The summed E-state index contributed by atoms with van der Waals surface area (Å²) in [5, 5.41) is 8.66.